The Hall–Kier alpha value is -3.33. The first kappa shape index (κ1) is 13.6. The third-order valence-corrected chi connectivity index (χ3v) is 3.51. The van der Waals surface area contributed by atoms with Crippen molar-refractivity contribution in [1.82, 2.24) is 0 Å². The molecule has 0 radical (unpaired) electrons. The van der Waals surface area contributed by atoms with E-state index < -0.39 is 11.6 Å². The van der Waals surface area contributed by atoms with Crippen LogP contribution in [0.2, 0.25) is 0 Å². The first-order chi connectivity index (χ1) is 10.6. The molecule has 0 saturated carbocycles. The summed E-state index contributed by atoms with van der Waals surface area (Å²) < 4.78 is 0. The van der Waals surface area contributed by atoms with Gasteiger partial charge >= 0.3 is 0 Å². The maximum atomic E-state index is 12.7. The Morgan fingerprint density at radius 1 is 0.955 bits per heavy atom. The zero-order valence-corrected chi connectivity index (χ0v) is 11.3. The fourth-order valence-corrected chi connectivity index (χ4v) is 2.57. The molecule has 0 aromatic heterocycles. The molecule has 0 saturated heterocycles. The van der Waals surface area contributed by atoms with Gasteiger partial charge in [-0.15, -0.1) is 0 Å². The van der Waals surface area contributed by atoms with E-state index in [0.29, 0.717) is 0 Å². The van der Waals surface area contributed by atoms with E-state index in [4.69, 9.17) is 5.26 Å². The van der Waals surface area contributed by atoms with Gasteiger partial charge in [0.1, 0.15) is 18.0 Å². The van der Waals surface area contributed by atoms with Gasteiger partial charge in [-0.2, -0.15) is 5.26 Å². The zero-order valence-electron chi connectivity index (χ0n) is 11.3. The minimum absolute atomic E-state index is 0.0331. The molecule has 0 unspecified atom stereocenters. The predicted octanol–water partition coefficient (Wildman–Crippen LogP) is 1.81. The van der Waals surface area contributed by atoms with Gasteiger partial charge in [0, 0.05) is 11.3 Å². The Morgan fingerprint density at radius 2 is 1.68 bits per heavy atom. The Kier molecular flexibility index (Phi) is 3.04. The van der Waals surface area contributed by atoms with Crippen LogP contribution < -0.4 is 5.32 Å². The molecule has 0 amide bonds. The Morgan fingerprint density at radius 3 is 2.41 bits per heavy atom. The zero-order chi connectivity index (χ0) is 15.9. The number of carbonyl (C=O) groups excluding carboxylic acids is 2. The summed E-state index contributed by atoms with van der Waals surface area (Å²) in [5.74, 6) is -1.72. The molecule has 3 rings (SSSR count). The molecule has 0 bridgehead atoms. The van der Waals surface area contributed by atoms with Gasteiger partial charge in [0.15, 0.2) is 11.6 Å². The van der Waals surface area contributed by atoms with E-state index in [-0.39, 0.29) is 46.0 Å². The van der Waals surface area contributed by atoms with Crippen LogP contribution in [0.1, 0.15) is 31.8 Å². The Balaban J connectivity index is 2.30. The highest BCUT2D eigenvalue weighted by Crippen LogP contribution is 2.39. The van der Waals surface area contributed by atoms with Crippen molar-refractivity contribution in [2.75, 3.05) is 11.9 Å². The van der Waals surface area contributed by atoms with Gasteiger partial charge in [-0.3, -0.25) is 9.59 Å². The molecule has 1 aliphatic carbocycles. The largest absolute Gasteiger partial charge is 0.507 e. The van der Waals surface area contributed by atoms with E-state index in [2.05, 4.69) is 5.32 Å². The van der Waals surface area contributed by atoms with Crippen molar-refractivity contribution in [2.24, 2.45) is 0 Å². The van der Waals surface area contributed by atoms with Crippen LogP contribution in [0.5, 0.6) is 11.5 Å². The van der Waals surface area contributed by atoms with Crippen molar-refractivity contribution >= 4 is 17.3 Å². The lowest BCUT2D eigenvalue weighted by atomic mass is 9.82. The molecule has 2 aromatic carbocycles. The van der Waals surface area contributed by atoms with E-state index in [0.717, 1.165) is 0 Å². The minimum atomic E-state index is -0.570. The van der Waals surface area contributed by atoms with Gasteiger partial charge in [0.05, 0.1) is 22.8 Å². The van der Waals surface area contributed by atoms with Crippen LogP contribution in [-0.2, 0) is 0 Å². The van der Waals surface area contributed by atoms with E-state index in [1.165, 1.54) is 30.3 Å². The number of anilines is 1. The number of aromatic hydroxyl groups is 2. The van der Waals surface area contributed by atoms with Crippen LogP contribution in [0.15, 0.2) is 30.3 Å². The van der Waals surface area contributed by atoms with Crippen LogP contribution in [0.4, 0.5) is 5.69 Å². The second-order valence-electron chi connectivity index (χ2n) is 4.75. The molecule has 0 heterocycles. The van der Waals surface area contributed by atoms with Gasteiger partial charge in [0.25, 0.3) is 0 Å². The van der Waals surface area contributed by atoms with Crippen molar-refractivity contribution in [3.63, 3.8) is 0 Å². The average Bonchev–Trinajstić information content (AvgIpc) is 2.51. The van der Waals surface area contributed by atoms with E-state index in [9.17, 15) is 19.8 Å². The molecular weight excluding hydrogens is 284 g/mol. The third kappa shape index (κ3) is 1.80. The standard InChI is InChI=1S/C16H10N2O4/c17-6-7-18-9-4-5-11(20)14-13(9)16(22)12-8(15(14)21)2-1-3-10(12)19/h1-5,18-20H,7H2. The number of ketones is 2. The number of rotatable bonds is 2. The van der Waals surface area contributed by atoms with Crippen molar-refractivity contribution < 1.29 is 19.8 Å². The summed E-state index contributed by atoms with van der Waals surface area (Å²) in [6, 6.07) is 8.78. The summed E-state index contributed by atoms with van der Waals surface area (Å²) in [5, 5.41) is 31.2. The Bertz CT molecular complexity index is 865. The maximum Gasteiger partial charge on any atom is 0.200 e. The highest BCUT2D eigenvalue weighted by molar-refractivity contribution is 6.31. The summed E-state index contributed by atoms with van der Waals surface area (Å²) >= 11 is 0. The molecule has 0 fully saturated rings. The number of hydrogen-bond donors (Lipinski definition) is 3. The molecule has 2 aromatic rings. The molecule has 6 heteroatoms. The molecular formula is C16H10N2O4. The summed E-state index contributed by atoms with van der Waals surface area (Å²) in [6.07, 6.45) is 0. The number of fused-ring (bicyclic) bond motifs is 2. The molecule has 0 atom stereocenters. The highest BCUT2D eigenvalue weighted by Gasteiger charge is 2.35. The molecule has 0 aliphatic heterocycles. The number of benzene rings is 2. The van der Waals surface area contributed by atoms with E-state index in [1.807, 2.05) is 6.07 Å². The highest BCUT2D eigenvalue weighted by atomic mass is 16.3. The van der Waals surface area contributed by atoms with Gasteiger partial charge in [-0.1, -0.05) is 12.1 Å². The number of carbonyl (C=O) groups is 2. The van der Waals surface area contributed by atoms with Crippen LogP contribution in [0.3, 0.4) is 0 Å². The molecule has 6 nitrogen and oxygen atoms in total. The lowest BCUT2D eigenvalue weighted by Crippen LogP contribution is -2.23. The predicted molar refractivity (Wildman–Crippen MR) is 77.2 cm³/mol. The van der Waals surface area contributed by atoms with Crippen molar-refractivity contribution in [2.45, 2.75) is 0 Å². The van der Waals surface area contributed by atoms with Gasteiger partial charge in [-0.25, -0.2) is 0 Å². The molecule has 0 spiro atoms. The van der Waals surface area contributed by atoms with Crippen LogP contribution in [0.25, 0.3) is 0 Å². The van der Waals surface area contributed by atoms with Crippen LogP contribution >= 0.6 is 0 Å². The Labute approximate surface area is 125 Å². The normalized spacial score (nSPS) is 12.3. The first-order valence-corrected chi connectivity index (χ1v) is 6.44. The van der Waals surface area contributed by atoms with Crippen LogP contribution in [0, 0.1) is 11.3 Å². The first-order valence-electron chi connectivity index (χ1n) is 6.44. The number of phenolic OH excluding ortho intramolecular Hbond substituents is 2. The van der Waals surface area contributed by atoms with Crippen molar-refractivity contribution in [3.05, 3.63) is 52.6 Å². The third-order valence-electron chi connectivity index (χ3n) is 3.51. The smallest absolute Gasteiger partial charge is 0.200 e. The second-order valence-corrected chi connectivity index (χ2v) is 4.75. The van der Waals surface area contributed by atoms with Crippen molar-refractivity contribution in [1.29, 1.82) is 5.26 Å². The molecule has 3 N–H and O–H groups in total. The van der Waals surface area contributed by atoms with E-state index >= 15 is 0 Å². The number of hydrogen-bond acceptors (Lipinski definition) is 6. The second kappa shape index (κ2) is 4.90. The number of nitrogens with zero attached hydrogens (tertiary/aromatic N) is 1. The topological polar surface area (TPSA) is 110 Å². The lowest BCUT2D eigenvalue weighted by molar-refractivity contribution is 0.0975. The van der Waals surface area contributed by atoms with Crippen LogP contribution in [-0.4, -0.2) is 28.3 Å². The average molecular weight is 294 g/mol. The fraction of sp³-hybridized carbons (Fsp3) is 0.0625. The van der Waals surface area contributed by atoms with Gasteiger partial charge in [0.2, 0.25) is 0 Å². The molecule has 22 heavy (non-hydrogen) atoms. The number of phenols is 2. The molecule has 108 valence electrons. The van der Waals surface area contributed by atoms with E-state index in [1.54, 1.807) is 0 Å². The van der Waals surface area contributed by atoms with Crippen molar-refractivity contribution in [3.8, 4) is 17.6 Å². The molecule has 1 aliphatic rings. The monoisotopic (exact) mass is 294 g/mol. The summed E-state index contributed by atoms with van der Waals surface area (Å²) in [5.41, 5.74) is 0.0673. The van der Waals surface area contributed by atoms with Gasteiger partial charge < -0.3 is 15.5 Å². The quantitative estimate of drug-likeness (QED) is 0.491. The fourth-order valence-electron chi connectivity index (χ4n) is 2.57. The minimum Gasteiger partial charge on any atom is -0.507 e. The SMILES string of the molecule is N#CCNc1ccc(O)c2c1C(=O)c1c(O)cccc1C2=O. The lowest BCUT2D eigenvalue weighted by Gasteiger charge is -2.21. The number of nitriles is 1. The maximum absolute atomic E-state index is 12.7. The summed E-state index contributed by atoms with van der Waals surface area (Å²) in [4.78, 5) is 25.2. The summed E-state index contributed by atoms with van der Waals surface area (Å²) in [6.45, 7) is -0.0632. The van der Waals surface area contributed by atoms with Gasteiger partial charge in [-0.05, 0) is 18.2 Å². The number of nitrogens with one attached hydrogen (secondary N) is 1. The summed E-state index contributed by atoms with van der Waals surface area (Å²) in [7, 11) is 0.